The molecule has 170 valence electrons. The van der Waals surface area contributed by atoms with Gasteiger partial charge in [0.25, 0.3) is 5.91 Å². The van der Waals surface area contributed by atoms with Gasteiger partial charge in [0.05, 0.1) is 5.02 Å². The summed E-state index contributed by atoms with van der Waals surface area (Å²) in [6.45, 7) is 0.268. The molecule has 9 heteroatoms. The topological polar surface area (TPSA) is 110 Å². The van der Waals surface area contributed by atoms with Gasteiger partial charge >= 0.3 is 0 Å². The Labute approximate surface area is 197 Å². The van der Waals surface area contributed by atoms with E-state index in [4.69, 9.17) is 17.3 Å². The monoisotopic (exact) mass is 483 g/mol. The van der Waals surface area contributed by atoms with Crippen molar-refractivity contribution in [1.29, 1.82) is 0 Å². The van der Waals surface area contributed by atoms with E-state index in [1.165, 1.54) is 23.1 Å². The van der Waals surface area contributed by atoms with Gasteiger partial charge in [0.2, 0.25) is 15.9 Å². The first-order valence-corrected chi connectivity index (χ1v) is 12.1. The number of rotatable bonds is 6. The van der Waals surface area contributed by atoms with E-state index >= 15 is 0 Å². The van der Waals surface area contributed by atoms with E-state index in [0.717, 1.165) is 16.7 Å². The first-order chi connectivity index (χ1) is 15.8. The Morgan fingerprint density at radius 1 is 1.00 bits per heavy atom. The second-order valence-corrected chi connectivity index (χ2v) is 9.92. The summed E-state index contributed by atoms with van der Waals surface area (Å²) in [5, 5.41) is -0.0115. The lowest BCUT2D eigenvalue weighted by atomic mass is 9.93. The van der Waals surface area contributed by atoms with Crippen LogP contribution in [0.5, 0.6) is 0 Å². The normalized spacial score (nSPS) is 15.7. The molecule has 2 amide bonds. The van der Waals surface area contributed by atoms with E-state index in [1.807, 2.05) is 42.5 Å². The number of carbonyl (C=O) groups excluding carboxylic acids is 2. The average Bonchev–Trinajstić information content (AvgIpc) is 2.82. The summed E-state index contributed by atoms with van der Waals surface area (Å²) in [6, 6.07) is 19.8. The van der Waals surface area contributed by atoms with E-state index < -0.39 is 27.9 Å². The molecule has 0 radical (unpaired) electrons. The van der Waals surface area contributed by atoms with Crippen LogP contribution in [0.15, 0.2) is 77.7 Å². The van der Waals surface area contributed by atoms with E-state index in [9.17, 15) is 18.0 Å². The highest BCUT2D eigenvalue weighted by atomic mass is 35.5. The molecule has 1 unspecified atom stereocenters. The summed E-state index contributed by atoms with van der Waals surface area (Å²) in [7, 11) is -4.00. The highest BCUT2D eigenvalue weighted by molar-refractivity contribution is 7.89. The zero-order valence-corrected chi connectivity index (χ0v) is 19.1. The standard InChI is InChI=1S/C24H22ClN3O4S/c25-20-11-10-18(13-22(20)33(31,32)27-14-16-6-2-1-3-7-16)24(30)28-15-19-9-5-4-8-17(19)12-21(28)23(26)29/h1-11,13,21,27H,12,14-15H2,(H2,26,29). The number of hydrogen-bond donors (Lipinski definition) is 2. The molecular formula is C24H22ClN3O4S. The van der Waals surface area contributed by atoms with E-state index in [2.05, 4.69) is 4.72 Å². The molecule has 0 fully saturated rings. The van der Waals surface area contributed by atoms with Gasteiger partial charge in [-0.1, -0.05) is 66.2 Å². The average molecular weight is 484 g/mol. The molecule has 1 heterocycles. The van der Waals surface area contributed by atoms with Gasteiger partial charge in [0.1, 0.15) is 10.9 Å². The maximum Gasteiger partial charge on any atom is 0.254 e. The maximum absolute atomic E-state index is 13.4. The number of amides is 2. The highest BCUT2D eigenvalue weighted by Gasteiger charge is 2.34. The van der Waals surface area contributed by atoms with E-state index in [1.54, 1.807) is 12.1 Å². The number of hydrogen-bond acceptors (Lipinski definition) is 4. The summed E-state index contributed by atoms with van der Waals surface area (Å²) in [5.74, 6) is -1.12. The molecule has 7 nitrogen and oxygen atoms in total. The zero-order chi connectivity index (χ0) is 23.6. The van der Waals surface area contributed by atoms with Gasteiger partial charge in [-0.25, -0.2) is 13.1 Å². The molecule has 33 heavy (non-hydrogen) atoms. The van der Waals surface area contributed by atoms with Gasteiger partial charge < -0.3 is 10.6 Å². The Balaban J connectivity index is 1.62. The zero-order valence-electron chi connectivity index (χ0n) is 17.6. The lowest BCUT2D eigenvalue weighted by Crippen LogP contribution is -2.51. The third-order valence-corrected chi connectivity index (χ3v) is 7.50. The smallest absolute Gasteiger partial charge is 0.254 e. The SMILES string of the molecule is NC(=O)C1Cc2ccccc2CN1C(=O)c1ccc(Cl)c(S(=O)(=O)NCc2ccccc2)c1. The molecule has 3 aromatic rings. The Hall–Kier alpha value is -3.20. The van der Waals surface area contributed by atoms with Crippen molar-refractivity contribution in [3.63, 3.8) is 0 Å². The number of fused-ring (bicyclic) bond motifs is 1. The molecule has 0 saturated heterocycles. The lowest BCUT2D eigenvalue weighted by molar-refractivity contribution is -0.122. The molecule has 0 bridgehead atoms. The van der Waals surface area contributed by atoms with Crippen molar-refractivity contribution in [3.8, 4) is 0 Å². The fraction of sp³-hybridized carbons (Fsp3) is 0.167. The minimum atomic E-state index is -4.00. The van der Waals surface area contributed by atoms with Crippen LogP contribution in [0, 0.1) is 0 Å². The van der Waals surface area contributed by atoms with Gasteiger partial charge in [-0.2, -0.15) is 0 Å². The van der Waals surface area contributed by atoms with Crippen LogP contribution in [0.1, 0.15) is 27.0 Å². The summed E-state index contributed by atoms with van der Waals surface area (Å²) in [6.07, 6.45) is 0.300. The number of primary amides is 1. The maximum atomic E-state index is 13.4. The Morgan fingerprint density at radius 2 is 1.67 bits per heavy atom. The number of carbonyl (C=O) groups is 2. The summed E-state index contributed by atoms with van der Waals surface area (Å²) >= 11 is 6.18. The van der Waals surface area contributed by atoms with Crippen molar-refractivity contribution in [3.05, 3.63) is 100 Å². The summed E-state index contributed by atoms with van der Waals surface area (Å²) < 4.78 is 28.3. The van der Waals surface area contributed by atoms with Crippen LogP contribution in [-0.2, 0) is 34.3 Å². The molecule has 0 saturated carbocycles. The minimum Gasteiger partial charge on any atom is -0.368 e. The molecule has 1 aliphatic rings. The quantitative estimate of drug-likeness (QED) is 0.561. The van der Waals surface area contributed by atoms with E-state index in [0.29, 0.717) is 6.42 Å². The Bertz CT molecular complexity index is 1310. The van der Waals surface area contributed by atoms with Crippen LogP contribution in [0.2, 0.25) is 5.02 Å². The summed E-state index contributed by atoms with van der Waals surface area (Å²) in [4.78, 5) is 26.6. The molecular weight excluding hydrogens is 462 g/mol. The first kappa shape index (κ1) is 23.0. The van der Waals surface area contributed by atoms with Crippen LogP contribution in [0.4, 0.5) is 0 Å². The number of nitrogens with zero attached hydrogens (tertiary/aromatic N) is 1. The third-order valence-electron chi connectivity index (χ3n) is 5.61. The number of halogens is 1. The van der Waals surface area contributed by atoms with Crippen molar-refractivity contribution in [2.75, 3.05) is 0 Å². The van der Waals surface area contributed by atoms with Gasteiger partial charge in [-0.3, -0.25) is 9.59 Å². The van der Waals surface area contributed by atoms with Gasteiger partial charge in [-0.15, -0.1) is 0 Å². The van der Waals surface area contributed by atoms with Crippen LogP contribution in [0.25, 0.3) is 0 Å². The minimum absolute atomic E-state index is 0.0115. The van der Waals surface area contributed by atoms with Crippen LogP contribution in [-0.4, -0.2) is 31.2 Å². The number of sulfonamides is 1. The number of nitrogens with one attached hydrogen (secondary N) is 1. The summed E-state index contributed by atoms with van der Waals surface area (Å²) in [5.41, 5.74) is 8.33. The number of benzene rings is 3. The van der Waals surface area contributed by atoms with Crippen molar-refractivity contribution in [1.82, 2.24) is 9.62 Å². The predicted octanol–water partition coefficient (Wildman–Crippen LogP) is 2.87. The van der Waals surface area contributed by atoms with Crippen LogP contribution in [0.3, 0.4) is 0 Å². The molecule has 0 aliphatic carbocycles. The van der Waals surface area contributed by atoms with Gasteiger partial charge in [0.15, 0.2) is 0 Å². The third kappa shape index (κ3) is 4.93. The van der Waals surface area contributed by atoms with Crippen LogP contribution >= 0.6 is 11.6 Å². The second-order valence-electron chi connectivity index (χ2n) is 7.78. The van der Waals surface area contributed by atoms with Crippen LogP contribution < -0.4 is 10.5 Å². The van der Waals surface area contributed by atoms with Crippen molar-refractivity contribution < 1.29 is 18.0 Å². The molecule has 0 aromatic heterocycles. The lowest BCUT2D eigenvalue weighted by Gasteiger charge is -2.35. The van der Waals surface area contributed by atoms with E-state index in [-0.39, 0.29) is 28.6 Å². The highest BCUT2D eigenvalue weighted by Crippen LogP contribution is 2.28. The van der Waals surface area contributed by atoms with Crippen molar-refractivity contribution in [2.24, 2.45) is 5.73 Å². The molecule has 0 spiro atoms. The molecule has 4 rings (SSSR count). The number of nitrogens with two attached hydrogens (primary N) is 1. The van der Waals surface area contributed by atoms with Crippen molar-refractivity contribution in [2.45, 2.75) is 30.4 Å². The predicted molar refractivity (Wildman–Crippen MR) is 125 cm³/mol. The molecule has 1 atom stereocenters. The molecule has 1 aliphatic heterocycles. The Morgan fingerprint density at radius 3 is 2.36 bits per heavy atom. The fourth-order valence-corrected chi connectivity index (χ4v) is 5.39. The van der Waals surface area contributed by atoms with Gasteiger partial charge in [-0.05, 0) is 34.9 Å². The van der Waals surface area contributed by atoms with Crippen molar-refractivity contribution >= 4 is 33.4 Å². The largest absolute Gasteiger partial charge is 0.368 e. The Kier molecular flexibility index (Phi) is 6.51. The fourth-order valence-electron chi connectivity index (χ4n) is 3.85. The molecule has 3 aromatic carbocycles. The molecule has 3 N–H and O–H groups in total. The van der Waals surface area contributed by atoms with Gasteiger partial charge in [0, 0.05) is 25.1 Å². The first-order valence-electron chi connectivity index (χ1n) is 10.3. The second kappa shape index (κ2) is 9.35.